The number of benzene rings is 1. The molecular formula is C17H24BrNO2. The number of carbonyl (C=O) groups excluding carboxylic acids is 1. The molecule has 1 N–H and O–H groups in total. The highest BCUT2D eigenvalue weighted by Crippen LogP contribution is 2.32. The quantitative estimate of drug-likeness (QED) is 0.751. The summed E-state index contributed by atoms with van der Waals surface area (Å²) >= 11 is 3.57. The molecule has 1 amide bonds. The van der Waals surface area contributed by atoms with Crippen LogP contribution in [0, 0.1) is 11.8 Å². The van der Waals surface area contributed by atoms with Gasteiger partial charge in [-0.15, -0.1) is 0 Å². The number of ether oxygens (including phenoxy) is 1. The van der Waals surface area contributed by atoms with Crippen LogP contribution in [0.25, 0.3) is 0 Å². The Balaban J connectivity index is 1.88. The molecule has 0 aromatic heterocycles. The van der Waals surface area contributed by atoms with E-state index in [9.17, 15) is 4.79 Å². The van der Waals surface area contributed by atoms with Crippen molar-refractivity contribution in [1.82, 2.24) is 5.32 Å². The normalized spacial score (nSPS) is 21.2. The molecule has 0 bridgehead atoms. The number of rotatable bonds is 7. The van der Waals surface area contributed by atoms with Gasteiger partial charge in [0.2, 0.25) is 0 Å². The van der Waals surface area contributed by atoms with Gasteiger partial charge in [-0.3, -0.25) is 4.79 Å². The summed E-state index contributed by atoms with van der Waals surface area (Å²) in [6.07, 6.45) is 4.73. The van der Waals surface area contributed by atoms with E-state index in [1.54, 1.807) is 0 Å². The average molecular weight is 354 g/mol. The van der Waals surface area contributed by atoms with Gasteiger partial charge in [0.15, 0.2) is 0 Å². The van der Waals surface area contributed by atoms with Crippen LogP contribution in [-0.2, 0) is 0 Å². The number of amides is 1. The van der Waals surface area contributed by atoms with Crippen molar-refractivity contribution in [1.29, 1.82) is 0 Å². The number of hydrogen-bond donors (Lipinski definition) is 1. The molecular weight excluding hydrogens is 330 g/mol. The first-order valence-electron chi connectivity index (χ1n) is 7.81. The average Bonchev–Trinajstić information content (AvgIpc) is 2.98. The van der Waals surface area contributed by atoms with E-state index in [-0.39, 0.29) is 5.91 Å². The van der Waals surface area contributed by atoms with Crippen molar-refractivity contribution in [3.05, 3.63) is 29.8 Å². The minimum Gasteiger partial charge on any atom is -0.494 e. The van der Waals surface area contributed by atoms with Gasteiger partial charge in [0.05, 0.1) is 6.61 Å². The van der Waals surface area contributed by atoms with Crippen molar-refractivity contribution in [2.24, 2.45) is 11.8 Å². The first-order valence-corrected chi connectivity index (χ1v) is 8.93. The molecule has 4 heteroatoms. The Hall–Kier alpha value is -1.03. The number of carbonyl (C=O) groups is 1. The zero-order valence-corrected chi connectivity index (χ0v) is 14.2. The van der Waals surface area contributed by atoms with Crippen LogP contribution in [0.5, 0.6) is 5.75 Å². The van der Waals surface area contributed by atoms with Gasteiger partial charge in [-0.25, -0.2) is 0 Å². The van der Waals surface area contributed by atoms with E-state index in [1.165, 1.54) is 19.3 Å². The van der Waals surface area contributed by atoms with E-state index in [0.717, 1.165) is 24.0 Å². The maximum Gasteiger partial charge on any atom is 0.251 e. The first-order chi connectivity index (χ1) is 10.2. The summed E-state index contributed by atoms with van der Waals surface area (Å²) in [6.45, 7) is 3.52. The minimum atomic E-state index is -0.00262. The third-order valence-corrected chi connectivity index (χ3v) is 4.94. The zero-order valence-electron chi connectivity index (χ0n) is 12.6. The molecule has 0 spiro atoms. The van der Waals surface area contributed by atoms with Crippen LogP contribution in [0.4, 0.5) is 0 Å². The summed E-state index contributed by atoms with van der Waals surface area (Å²) in [5.41, 5.74) is 0.678. The fourth-order valence-electron chi connectivity index (χ4n) is 2.86. The summed E-state index contributed by atoms with van der Waals surface area (Å²) in [5, 5.41) is 4.11. The number of nitrogens with one attached hydrogen (secondary N) is 1. The third kappa shape index (κ3) is 4.73. The molecule has 0 radical (unpaired) electrons. The van der Waals surface area contributed by atoms with Crippen LogP contribution < -0.4 is 10.1 Å². The van der Waals surface area contributed by atoms with E-state index in [0.29, 0.717) is 24.0 Å². The lowest BCUT2D eigenvalue weighted by molar-refractivity contribution is 0.0944. The van der Waals surface area contributed by atoms with Crippen molar-refractivity contribution in [3.8, 4) is 5.75 Å². The SMILES string of the molecule is CCCOc1cccc(C(=O)NCC2CCCC2CBr)c1. The summed E-state index contributed by atoms with van der Waals surface area (Å²) in [6, 6.07) is 7.42. The second-order valence-electron chi connectivity index (χ2n) is 5.69. The van der Waals surface area contributed by atoms with Gasteiger partial charge >= 0.3 is 0 Å². The largest absolute Gasteiger partial charge is 0.494 e. The van der Waals surface area contributed by atoms with Gasteiger partial charge in [-0.05, 0) is 49.3 Å². The molecule has 1 aliphatic carbocycles. The first kappa shape index (κ1) is 16.3. The lowest BCUT2D eigenvalue weighted by atomic mass is 9.98. The number of hydrogen-bond acceptors (Lipinski definition) is 2. The fourth-order valence-corrected chi connectivity index (χ4v) is 3.71. The zero-order chi connectivity index (χ0) is 15.1. The second-order valence-corrected chi connectivity index (χ2v) is 6.34. The lowest BCUT2D eigenvalue weighted by Crippen LogP contribution is -2.31. The highest BCUT2D eigenvalue weighted by atomic mass is 79.9. The highest BCUT2D eigenvalue weighted by Gasteiger charge is 2.26. The van der Waals surface area contributed by atoms with Crippen LogP contribution in [0.1, 0.15) is 43.0 Å². The van der Waals surface area contributed by atoms with E-state index in [4.69, 9.17) is 4.74 Å². The van der Waals surface area contributed by atoms with Crippen LogP contribution in [-0.4, -0.2) is 24.4 Å². The molecule has 2 unspecified atom stereocenters. The van der Waals surface area contributed by atoms with Crippen molar-refractivity contribution in [2.75, 3.05) is 18.5 Å². The van der Waals surface area contributed by atoms with Crippen molar-refractivity contribution >= 4 is 21.8 Å². The summed E-state index contributed by atoms with van der Waals surface area (Å²) in [5.74, 6) is 2.07. The Labute approximate surface area is 135 Å². The smallest absolute Gasteiger partial charge is 0.251 e. The van der Waals surface area contributed by atoms with Gasteiger partial charge in [-0.1, -0.05) is 35.3 Å². The summed E-state index contributed by atoms with van der Waals surface area (Å²) < 4.78 is 5.57. The number of halogens is 1. The Morgan fingerprint density at radius 3 is 2.95 bits per heavy atom. The maximum absolute atomic E-state index is 12.2. The Morgan fingerprint density at radius 2 is 2.19 bits per heavy atom. The lowest BCUT2D eigenvalue weighted by Gasteiger charge is -2.17. The molecule has 1 aromatic rings. The minimum absolute atomic E-state index is 0.00262. The Kier molecular flexibility index (Phi) is 6.55. The van der Waals surface area contributed by atoms with Crippen LogP contribution >= 0.6 is 15.9 Å². The maximum atomic E-state index is 12.2. The van der Waals surface area contributed by atoms with E-state index in [2.05, 4.69) is 28.2 Å². The van der Waals surface area contributed by atoms with Crippen LogP contribution in [0.15, 0.2) is 24.3 Å². The predicted molar refractivity (Wildman–Crippen MR) is 89.2 cm³/mol. The monoisotopic (exact) mass is 353 g/mol. The van der Waals surface area contributed by atoms with Gasteiger partial charge in [-0.2, -0.15) is 0 Å². The molecule has 0 aliphatic heterocycles. The number of alkyl halides is 1. The Morgan fingerprint density at radius 1 is 1.38 bits per heavy atom. The molecule has 2 atom stereocenters. The molecule has 1 aliphatic rings. The summed E-state index contributed by atoms with van der Waals surface area (Å²) in [7, 11) is 0. The highest BCUT2D eigenvalue weighted by molar-refractivity contribution is 9.09. The molecule has 21 heavy (non-hydrogen) atoms. The second kappa shape index (κ2) is 8.42. The molecule has 1 fully saturated rings. The van der Waals surface area contributed by atoms with Gasteiger partial charge in [0.1, 0.15) is 5.75 Å². The van der Waals surface area contributed by atoms with Crippen molar-refractivity contribution in [3.63, 3.8) is 0 Å². The molecule has 1 aromatic carbocycles. The van der Waals surface area contributed by atoms with Crippen LogP contribution in [0.2, 0.25) is 0 Å². The third-order valence-electron chi connectivity index (χ3n) is 4.11. The Bertz CT molecular complexity index is 464. The molecule has 0 saturated heterocycles. The van der Waals surface area contributed by atoms with Crippen LogP contribution in [0.3, 0.4) is 0 Å². The predicted octanol–water partition coefficient (Wildman–Crippen LogP) is 4.02. The van der Waals surface area contributed by atoms with Gasteiger partial charge in [0, 0.05) is 17.4 Å². The fraction of sp³-hybridized carbons (Fsp3) is 0.588. The standard InChI is InChI=1S/C17H24BrNO2/c1-2-9-21-16-8-4-5-13(10-16)17(20)19-12-15-7-3-6-14(15)11-18/h4-5,8,10,14-15H,2-3,6-7,9,11-12H2,1H3,(H,19,20). The van der Waals surface area contributed by atoms with Gasteiger partial charge in [0.25, 0.3) is 5.91 Å². The van der Waals surface area contributed by atoms with Gasteiger partial charge < -0.3 is 10.1 Å². The van der Waals surface area contributed by atoms with E-state index < -0.39 is 0 Å². The molecule has 1 saturated carbocycles. The molecule has 116 valence electrons. The topological polar surface area (TPSA) is 38.3 Å². The van der Waals surface area contributed by atoms with E-state index in [1.807, 2.05) is 24.3 Å². The molecule has 2 rings (SSSR count). The summed E-state index contributed by atoms with van der Waals surface area (Å²) in [4.78, 5) is 12.2. The van der Waals surface area contributed by atoms with Crippen molar-refractivity contribution < 1.29 is 9.53 Å². The van der Waals surface area contributed by atoms with E-state index >= 15 is 0 Å². The van der Waals surface area contributed by atoms with Crippen molar-refractivity contribution in [2.45, 2.75) is 32.6 Å². The molecule has 0 heterocycles. The molecule has 3 nitrogen and oxygen atoms in total.